The van der Waals surface area contributed by atoms with Gasteiger partial charge in [-0.05, 0) is 27.7 Å². The van der Waals surface area contributed by atoms with E-state index >= 15 is 0 Å². The Morgan fingerprint density at radius 1 is 1.40 bits per heavy atom. The quantitative estimate of drug-likeness (QED) is 0.694. The van der Waals surface area contributed by atoms with E-state index in [-0.39, 0.29) is 17.5 Å². The van der Waals surface area contributed by atoms with Crippen LogP contribution in [0.5, 0.6) is 0 Å². The average molecular weight is 232 g/mol. The van der Waals surface area contributed by atoms with Crippen LogP contribution >= 0.6 is 12.2 Å². The van der Waals surface area contributed by atoms with Crippen molar-refractivity contribution in [2.45, 2.75) is 33.2 Å². The molecular formula is C10H20N2O2S. The predicted molar refractivity (Wildman–Crippen MR) is 64.5 cm³/mol. The number of likely N-dealkylation sites (N-methyl/N-ethyl adjacent to an activating group) is 1. The molecule has 0 atom stereocenters. The van der Waals surface area contributed by atoms with Gasteiger partial charge in [-0.1, -0.05) is 12.2 Å². The van der Waals surface area contributed by atoms with Crippen LogP contribution in [-0.4, -0.2) is 40.1 Å². The molecule has 0 aliphatic carbocycles. The zero-order chi connectivity index (χ0) is 12.4. The van der Waals surface area contributed by atoms with Crippen LogP contribution in [0.4, 0.5) is 0 Å². The molecule has 0 unspecified atom stereocenters. The highest BCUT2D eigenvalue weighted by molar-refractivity contribution is 7.80. The van der Waals surface area contributed by atoms with Crippen LogP contribution in [-0.2, 0) is 4.79 Å². The van der Waals surface area contributed by atoms with E-state index in [0.29, 0.717) is 0 Å². The highest BCUT2D eigenvalue weighted by Gasteiger charge is 2.38. The molecule has 4 nitrogen and oxygen atoms in total. The minimum Gasteiger partial charge on any atom is -0.394 e. The number of aliphatic hydroxyl groups is 1. The molecule has 0 saturated carbocycles. The van der Waals surface area contributed by atoms with Gasteiger partial charge in [-0.3, -0.25) is 4.79 Å². The number of carbonyl (C=O) groups is 1. The maximum absolute atomic E-state index is 12.1. The lowest BCUT2D eigenvalue weighted by Gasteiger charge is -2.38. The Labute approximate surface area is 96.4 Å². The first-order chi connectivity index (χ1) is 6.57. The lowest BCUT2D eigenvalue weighted by molar-refractivity contribution is -0.141. The van der Waals surface area contributed by atoms with Gasteiger partial charge in [0.15, 0.2) is 0 Å². The Hall–Kier alpha value is -0.680. The van der Waals surface area contributed by atoms with Crippen molar-refractivity contribution < 1.29 is 9.90 Å². The van der Waals surface area contributed by atoms with Crippen molar-refractivity contribution >= 4 is 23.1 Å². The molecule has 0 bridgehead atoms. The van der Waals surface area contributed by atoms with Gasteiger partial charge in [0.05, 0.1) is 22.5 Å². The molecule has 3 N–H and O–H groups in total. The van der Waals surface area contributed by atoms with Crippen LogP contribution in [0, 0.1) is 5.41 Å². The van der Waals surface area contributed by atoms with Crippen LogP contribution in [0.1, 0.15) is 27.7 Å². The van der Waals surface area contributed by atoms with Gasteiger partial charge in [0.25, 0.3) is 0 Å². The number of carbonyl (C=O) groups excluding carboxylic acids is 1. The van der Waals surface area contributed by atoms with E-state index in [1.165, 1.54) is 4.90 Å². The molecule has 0 aromatic carbocycles. The fourth-order valence-corrected chi connectivity index (χ4v) is 0.993. The number of nitrogens with zero attached hydrogens (tertiary/aromatic N) is 1. The SMILES string of the molecule is CN(C(=O)C(C)(C)C(N)=S)C(C)(C)CO. The lowest BCUT2D eigenvalue weighted by Crippen LogP contribution is -2.54. The Kier molecular flexibility index (Phi) is 4.25. The van der Waals surface area contributed by atoms with Gasteiger partial charge in [-0.25, -0.2) is 0 Å². The van der Waals surface area contributed by atoms with Crippen molar-refractivity contribution in [2.75, 3.05) is 13.7 Å². The largest absolute Gasteiger partial charge is 0.394 e. The average Bonchev–Trinajstić information content (AvgIpc) is 2.15. The van der Waals surface area contributed by atoms with E-state index in [1.807, 2.05) is 0 Å². The van der Waals surface area contributed by atoms with E-state index in [0.717, 1.165) is 0 Å². The van der Waals surface area contributed by atoms with E-state index in [1.54, 1.807) is 34.7 Å². The molecule has 0 radical (unpaired) electrons. The van der Waals surface area contributed by atoms with Crippen molar-refractivity contribution in [3.63, 3.8) is 0 Å². The van der Waals surface area contributed by atoms with Gasteiger partial charge in [0.2, 0.25) is 5.91 Å². The van der Waals surface area contributed by atoms with Gasteiger partial charge >= 0.3 is 0 Å². The van der Waals surface area contributed by atoms with Crippen LogP contribution in [0.25, 0.3) is 0 Å². The molecular weight excluding hydrogens is 212 g/mol. The van der Waals surface area contributed by atoms with Gasteiger partial charge in [0.1, 0.15) is 0 Å². The van der Waals surface area contributed by atoms with Crippen LogP contribution in [0.3, 0.4) is 0 Å². The molecule has 0 aliphatic rings. The van der Waals surface area contributed by atoms with Gasteiger partial charge < -0.3 is 15.7 Å². The van der Waals surface area contributed by atoms with Crippen LogP contribution in [0.15, 0.2) is 0 Å². The summed E-state index contributed by atoms with van der Waals surface area (Å²) in [5.41, 5.74) is 4.02. The Morgan fingerprint density at radius 3 is 2.07 bits per heavy atom. The first-order valence-electron chi connectivity index (χ1n) is 4.76. The Balaban J connectivity index is 4.96. The number of aliphatic hydroxyl groups excluding tert-OH is 1. The molecule has 0 saturated heterocycles. The second-order valence-electron chi connectivity index (χ2n) is 4.82. The molecule has 0 aromatic rings. The second kappa shape index (κ2) is 4.45. The summed E-state index contributed by atoms with van der Waals surface area (Å²) in [5, 5.41) is 9.16. The van der Waals surface area contributed by atoms with Gasteiger partial charge in [-0.2, -0.15) is 0 Å². The topological polar surface area (TPSA) is 66.6 Å². The molecule has 0 aromatic heterocycles. The number of hydrogen-bond donors (Lipinski definition) is 2. The summed E-state index contributed by atoms with van der Waals surface area (Å²) >= 11 is 4.85. The number of nitrogens with two attached hydrogens (primary N) is 1. The molecule has 5 heteroatoms. The van der Waals surface area contributed by atoms with Crippen molar-refractivity contribution in [3.05, 3.63) is 0 Å². The van der Waals surface area contributed by atoms with E-state index < -0.39 is 11.0 Å². The monoisotopic (exact) mass is 232 g/mol. The maximum Gasteiger partial charge on any atom is 0.235 e. The lowest BCUT2D eigenvalue weighted by atomic mass is 9.89. The van der Waals surface area contributed by atoms with Gasteiger partial charge in [-0.15, -0.1) is 0 Å². The summed E-state index contributed by atoms with van der Waals surface area (Å²) in [7, 11) is 1.64. The fraction of sp³-hybridized carbons (Fsp3) is 0.800. The summed E-state index contributed by atoms with van der Waals surface area (Å²) in [6, 6.07) is 0. The first-order valence-corrected chi connectivity index (χ1v) is 5.17. The third-order valence-electron chi connectivity index (χ3n) is 2.75. The molecule has 0 rings (SSSR count). The smallest absolute Gasteiger partial charge is 0.235 e. The third-order valence-corrected chi connectivity index (χ3v) is 3.26. The van der Waals surface area contributed by atoms with Gasteiger partial charge in [0, 0.05) is 7.05 Å². The molecule has 88 valence electrons. The summed E-state index contributed by atoms with van der Waals surface area (Å²) < 4.78 is 0. The van der Waals surface area contributed by atoms with Crippen LogP contribution < -0.4 is 5.73 Å². The first kappa shape index (κ1) is 14.3. The minimum absolute atomic E-state index is 0.108. The third kappa shape index (κ3) is 2.89. The molecule has 1 amide bonds. The zero-order valence-electron chi connectivity index (χ0n) is 10.00. The summed E-state index contributed by atoms with van der Waals surface area (Å²) in [6.45, 7) is 6.81. The summed E-state index contributed by atoms with van der Waals surface area (Å²) in [4.78, 5) is 13.7. The fourth-order valence-electron chi connectivity index (χ4n) is 0.906. The zero-order valence-corrected chi connectivity index (χ0v) is 10.8. The Bertz CT molecular complexity index is 275. The normalized spacial score (nSPS) is 12.4. The molecule has 0 heterocycles. The van der Waals surface area contributed by atoms with Crippen molar-refractivity contribution in [3.8, 4) is 0 Å². The van der Waals surface area contributed by atoms with E-state index in [4.69, 9.17) is 23.1 Å². The maximum atomic E-state index is 12.1. The van der Waals surface area contributed by atoms with Crippen molar-refractivity contribution in [2.24, 2.45) is 11.1 Å². The number of thiocarbonyl (C=S) groups is 1. The predicted octanol–water partition coefficient (Wildman–Crippen LogP) is 0.528. The van der Waals surface area contributed by atoms with Crippen molar-refractivity contribution in [1.29, 1.82) is 0 Å². The minimum atomic E-state index is -0.878. The Morgan fingerprint density at radius 2 is 1.80 bits per heavy atom. The summed E-state index contributed by atoms with van der Waals surface area (Å²) in [5.74, 6) is -0.186. The molecule has 0 spiro atoms. The molecule has 0 fully saturated rings. The number of hydrogen-bond acceptors (Lipinski definition) is 3. The second-order valence-corrected chi connectivity index (χ2v) is 5.26. The van der Waals surface area contributed by atoms with E-state index in [9.17, 15) is 4.79 Å². The molecule has 15 heavy (non-hydrogen) atoms. The van der Waals surface area contributed by atoms with Crippen molar-refractivity contribution in [1.82, 2.24) is 4.90 Å². The highest BCUT2D eigenvalue weighted by Crippen LogP contribution is 2.23. The van der Waals surface area contributed by atoms with E-state index in [2.05, 4.69) is 0 Å². The summed E-state index contributed by atoms with van der Waals surface area (Å²) in [6.07, 6.45) is 0. The number of rotatable bonds is 4. The standard InChI is InChI=1S/C10H20N2O2S/c1-9(2,6-13)12(5)8(14)10(3,4)7(11)15/h13H,6H2,1-5H3,(H2,11,15). The molecule has 0 aliphatic heterocycles. The highest BCUT2D eigenvalue weighted by atomic mass is 32.1. The van der Waals surface area contributed by atoms with Crippen LogP contribution in [0.2, 0.25) is 0 Å². The number of amides is 1.